The van der Waals surface area contributed by atoms with Gasteiger partial charge in [0.05, 0.1) is 0 Å². The maximum atomic E-state index is 12.0. The third-order valence-corrected chi connectivity index (χ3v) is 3.02. The van der Waals surface area contributed by atoms with Crippen molar-refractivity contribution in [3.8, 4) is 0 Å². The van der Waals surface area contributed by atoms with E-state index < -0.39 is 0 Å². The molecule has 5 heteroatoms. The lowest BCUT2D eigenvalue weighted by molar-refractivity contribution is 0.102. The van der Waals surface area contributed by atoms with E-state index >= 15 is 0 Å². The SMILES string of the molecule is CCN(CC)c1ccc(NC(=O)c2ccccc2)nn1. The van der Waals surface area contributed by atoms with Gasteiger partial charge in [0.2, 0.25) is 0 Å². The average molecular weight is 270 g/mol. The monoisotopic (exact) mass is 270 g/mol. The maximum Gasteiger partial charge on any atom is 0.256 e. The van der Waals surface area contributed by atoms with E-state index in [0.29, 0.717) is 11.4 Å². The van der Waals surface area contributed by atoms with Gasteiger partial charge in [0, 0.05) is 18.7 Å². The Bertz CT molecular complexity index is 550. The fourth-order valence-electron chi connectivity index (χ4n) is 1.89. The van der Waals surface area contributed by atoms with Crippen molar-refractivity contribution in [3.63, 3.8) is 0 Å². The first-order valence-electron chi connectivity index (χ1n) is 6.69. The Morgan fingerprint density at radius 2 is 1.75 bits per heavy atom. The van der Waals surface area contributed by atoms with Crippen molar-refractivity contribution in [2.24, 2.45) is 0 Å². The van der Waals surface area contributed by atoms with Crippen molar-refractivity contribution in [1.29, 1.82) is 0 Å². The summed E-state index contributed by atoms with van der Waals surface area (Å²) in [6.45, 7) is 5.88. The zero-order valence-electron chi connectivity index (χ0n) is 11.7. The summed E-state index contributed by atoms with van der Waals surface area (Å²) in [4.78, 5) is 14.0. The molecule has 104 valence electrons. The van der Waals surface area contributed by atoms with Gasteiger partial charge in [0.1, 0.15) is 0 Å². The summed E-state index contributed by atoms with van der Waals surface area (Å²) in [5.74, 6) is 1.08. The van der Waals surface area contributed by atoms with Crippen LogP contribution in [0.2, 0.25) is 0 Å². The van der Waals surface area contributed by atoms with Gasteiger partial charge in [-0.05, 0) is 38.1 Å². The number of carbonyl (C=O) groups is 1. The van der Waals surface area contributed by atoms with Crippen LogP contribution in [0, 0.1) is 0 Å². The van der Waals surface area contributed by atoms with Gasteiger partial charge in [-0.1, -0.05) is 18.2 Å². The van der Waals surface area contributed by atoms with E-state index in [4.69, 9.17) is 0 Å². The van der Waals surface area contributed by atoms with Crippen molar-refractivity contribution >= 4 is 17.5 Å². The van der Waals surface area contributed by atoms with Crippen LogP contribution >= 0.6 is 0 Å². The van der Waals surface area contributed by atoms with Crippen molar-refractivity contribution in [2.75, 3.05) is 23.3 Å². The van der Waals surface area contributed by atoms with Gasteiger partial charge in [0.25, 0.3) is 5.91 Å². The molecule has 0 aliphatic heterocycles. The molecule has 0 bridgehead atoms. The molecule has 1 aromatic carbocycles. The van der Waals surface area contributed by atoms with Crippen LogP contribution in [0.3, 0.4) is 0 Å². The van der Waals surface area contributed by atoms with Crippen LogP contribution in [0.4, 0.5) is 11.6 Å². The molecule has 0 saturated heterocycles. The number of nitrogens with one attached hydrogen (secondary N) is 1. The number of hydrogen-bond acceptors (Lipinski definition) is 4. The molecule has 1 aromatic heterocycles. The Morgan fingerprint density at radius 1 is 1.05 bits per heavy atom. The highest BCUT2D eigenvalue weighted by Crippen LogP contribution is 2.12. The van der Waals surface area contributed by atoms with Crippen LogP contribution in [0.25, 0.3) is 0 Å². The summed E-state index contributed by atoms with van der Waals surface area (Å²) in [6, 6.07) is 12.7. The predicted octanol–water partition coefficient (Wildman–Crippen LogP) is 2.58. The van der Waals surface area contributed by atoms with Gasteiger partial charge >= 0.3 is 0 Å². The minimum absolute atomic E-state index is 0.185. The predicted molar refractivity (Wildman–Crippen MR) is 80.0 cm³/mol. The summed E-state index contributed by atoms with van der Waals surface area (Å²) in [5, 5.41) is 10.9. The molecule has 0 unspecified atom stereocenters. The minimum atomic E-state index is -0.185. The Morgan fingerprint density at radius 3 is 2.30 bits per heavy atom. The van der Waals surface area contributed by atoms with E-state index in [9.17, 15) is 4.79 Å². The van der Waals surface area contributed by atoms with Gasteiger partial charge in [-0.3, -0.25) is 4.79 Å². The Labute approximate surface area is 118 Å². The number of carbonyl (C=O) groups excluding carboxylic acids is 1. The lowest BCUT2D eigenvalue weighted by atomic mass is 10.2. The van der Waals surface area contributed by atoms with Gasteiger partial charge < -0.3 is 10.2 Å². The number of nitrogens with zero attached hydrogens (tertiary/aromatic N) is 3. The van der Waals surface area contributed by atoms with Crippen molar-refractivity contribution in [2.45, 2.75) is 13.8 Å². The third kappa shape index (κ3) is 3.32. The summed E-state index contributed by atoms with van der Waals surface area (Å²) < 4.78 is 0. The second kappa shape index (κ2) is 6.65. The summed E-state index contributed by atoms with van der Waals surface area (Å²) >= 11 is 0. The number of hydrogen-bond donors (Lipinski definition) is 1. The standard InChI is InChI=1S/C15H18N4O/c1-3-19(4-2)14-11-10-13(17-18-14)16-15(20)12-8-6-5-7-9-12/h5-11H,3-4H2,1-2H3,(H,16,17,20). The van der Waals surface area contributed by atoms with Crippen LogP contribution < -0.4 is 10.2 Å². The highest BCUT2D eigenvalue weighted by atomic mass is 16.1. The van der Waals surface area contributed by atoms with Crippen LogP contribution in [0.5, 0.6) is 0 Å². The van der Waals surface area contributed by atoms with E-state index in [1.807, 2.05) is 24.3 Å². The molecule has 20 heavy (non-hydrogen) atoms. The van der Waals surface area contributed by atoms with E-state index in [0.717, 1.165) is 18.9 Å². The fourth-order valence-corrected chi connectivity index (χ4v) is 1.89. The molecule has 0 spiro atoms. The van der Waals surface area contributed by atoms with E-state index in [1.54, 1.807) is 18.2 Å². The summed E-state index contributed by atoms with van der Waals surface area (Å²) in [7, 11) is 0. The number of aromatic nitrogens is 2. The lowest BCUT2D eigenvalue weighted by Gasteiger charge is -2.18. The molecule has 0 radical (unpaired) electrons. The van der Waals surface area contributed by atoms with Gasteiger partial charge in [-0.2, -0.15) is 0 Å². The number of anilines is 2. The average Bonchev–Trinajstić information content (AvgIpc) is 2.51. The molecule has 2 rings (SSSR count). The second-order valence-electron chi connectivity index (χ2n) is 4.27. The highest BCUT2D eigenvalue weighted by molar-refractivity contribution is 6.03. The first kappa shape index (κ1) is 14.0. The quantitative estimate of drug-likeness (QED) is 0.907. The summed E-state index contributed by atoms with van der Waals surface area (Å²) in [6.07, 6.45) is 0. The smallest absolute Gasteiger partial charge is 0.256 e. The molecule has 0 aliphatic carbocycles. The minimum Gasteiger partial charge on any atom is -0.356 e. The lowest BCUT2D eigenvalue weighted by Crippen LogP contribution is -2.23. The first-order valence-corrected chi connectivity index (χ1v) is 6.69. The molecule has 1 heterocycles. The summed E-state index contributed by atoms with van der Waals surface area (Å²) in [5.41, 5.74) is 0.599. The molecular formula is C15H18N4O. The molecule has 2 aromatic rings. The number of benzene rings is 1. The zero-order chi connectivity index (χ0) is 14.4. The fraction of sp³-hybridized carbons (Fsp3) is 0.267. The normalized spacial score (nSPS) is 10.1. The molecule has 0 aliphatic rings. The van der Waals surface area contributed by atoms with Crippen molar-refractivity contribution < 1.29 is 4.79 Å². The number of rotatable bonds is 5. The Balaban J connectivity index is 2.06. The molecule has 1 amide bonds. The molecular weight excluding hydrogens is 252 g/mol. The first-order chi connectivity index (χ1) is 9.74. The molecule has 1 N–H and O–H groups in total. The van der Waals surface area contributed by atoms with E-state index in [1.165, 1.54) is 0 Å². The van der Waals surface area contributed by atoms with Crippen molar-refractivity contribution in [3.05, 3.63) is 48.0 Å². The van der Waals surface area contributed by atoms with Gasteiger partial charge in [0.15, 0.2) is 11.6 Å². The van der Waals surface area contributed by atoms with Crippen LogP contribution in [0.15, 0.2) is 42.5 Å². The maximum absolute atomic E-state index is 12.0. The Kier molecular flexibility index (Phi) is 4.65. The van der Waals surface area contributed by atoms with Gasteiger partial charge in [-0.25, -0.2) is 0 Å². The van der Waals surface area contributed by atoms with Crippen LogP contribution in [-0.2, 0) is 0 Å². The van der Waals surface area contributed by atoms with Crippen LogP contribution in [0.1, 0.15) is 24.2 Å². The topological polar surface area (TPSA) is 58.1 Å². The Hall–Kier alpha value is -2.43. The molecule has 0 saturated carbocycles. The van der Waals surface area contributed by atoms with Crippen LogP contribution in [-0.4, -0.2) is 29.2 Å². The van der Waals surface area contributed by atoms with E-state index in [2.05, 4.69) is 34.3 Å². The zero-order valence-corrected chi connectivity index (χ0v) is 11.7. The second-order valence-corrected chi connectivity index (χ2v) is 4.27. The number of amides is 1. The highest BCUT2D eigenvalue weighted by Gasteiger charge is 2.08. The van der Waals surface area contributed by atoms with Gasteiger partial charge in [-0.15, -0.1) is 10.2 Å². The van der Waals surface area contributed by atoms with E-state index in [-0.39, 0.29) is 5.91 Å². The largest absolute Gasteiger partial charge is 0.356 e. The van der Waals surface area contributed by atoms with Crippen molar-refractivity contribution in [1.82, 2.24) is 10.2 Å². The molecule has 0 fully saturated rings. The third-order valence-electron chi connectivity index (χ3n) is 3.02. The molecule has 0 atom stereocenters. The molecule has 5 nitrogen and oxygen atoms in total.